The second kappa shape index (κ2) is 6.87. The second-order valence-electron chi connectivity index (χ2n) is 6.40. The summed E-state index contributed by atoms with van der Waals surface area (Å²) in [6.45, 7) is 0. The maximum Gasteiger partial charge on any atom is 0.313 e. The summed E-state index contributed by atoms with van der Waals surface area (Å²) >= 11 is 6.51. The van der Waals surface area contributed by atoms with Crippen LogP contribution in [0.1, 0.15) is 61.1 Å². The van der Waals surface area contributed by atoms with Crippen molar-refractivity contribution in [3.8, 4) is 0 Å². The number of benzene rings is 1. The first-order valence-electron chi connectivity index (χ1n) is 8.26. The maximum absolute atomic E-state index is 12.0. The third-order valence-corrected chi connectivity index (χ3v) is 5.26. The molecule has 0 amide bonds. The summed E-state index contributed by atoms with van der Waals surface area (Å²) in [6.07, 6.45) is 11.2. The van der Waals surface area contributed by atoms with Gasteiger partial charge in [0.25, 0.3) is 0 Å². The Hall–Kier alpha value is -1.28. The van der Waals surface area contributed by atoms with Crippen molar-refractivity contribution in [3.63, 3.8) is 0 Å². The van der Waals surface area contributed by atoms with Gasteiger partial charge in [0.2, 0.25) is 0 Å². The van der Waals surface area contributed by atoms with E-state index in [1.807, 2.05) is 6.07 Å². The maximum atomic E-state index is 12.0. The zero-order valence-electron chi connectivity index (χ0n) is 13.2. The Balaban J connectivity index is 1.89. The first-order valence-corrected chi connectivity index (χ1v) is 8.63. The minimum Gasteiger partial charge on any atom is -0.469 e. The fourth-order valence-electron chi connectivity index (χ4n) is 3.71. The van der Waals surface area contributed by atoms with Gasteiger partial charge >= 0.3 is 5.97 Å². The van der Waals surface area contributed by atoms with Gasteiger partial charge in [0.15, 0.2) is 0 Å². The van der Waals surface area contributed by atoms with E-state index in [1.54, 1.807) is 0 Å². The van der Waals surface area contributed by atoms with Crippen LogP contribution >= 0.6 is 11.6 Å². The van der Waals surface area contributed by atoms with E-state index in [2.05, 4.69) is 12.1 Å². The number of fused-ring (bicyclic) bond motifs is 1. The van der Waals surface area contributed by atoms with E-state index >= 15 is 0 Å². The van der Waals surface area contributed by atoms with Crippen molar-refractivity contribution >= 4 is 17.6 Å². The summed E-state index contributed by atoms with van der Waals surface area (Å²) in [7, 11) is 1.46. The summed E-state index contributed by atoms with van der Waals surface area (Å²) < 4.78 is 4.95. The average Bonchev–Trinajstić information content (AvgIpc) is 2.55. The van der Waals surface area contributed by atoms with Crippen molar-refractivity contribution in [1.29, 1.82) is 0 Å². The standard InChI is InChI=1S/C19H23ClO2/c1-22-19(21)16-9-5-8-14-11-15(18(20)12-17(14)16)10-13-6-3-2-4-7-13/h6,11-12,16H,2-5,7-10H2,1H3. The van der Waals surface area contributed by atoms with Crippen LogP contribution in [0.25, 0.3) is 0 Å². The van der Waals surface area contributed by atoms with Crippen molar-refractivity contribution < 1.29 is 9.53 Å². The zero-order chi connectivity index (χ0) is 15.5. The molecule has 0 aliphatic heterocycles. The molecule has 1 aromatic rings. The number of hydrogen-bond acceptors (Lipinski definition) is 2. The number of hydrogen-bond donors (Lipinski definition) is 0. The van der Waals surface area contributed by atoms with E-state index in [0.717, 1.165) is 36.3 Å². The SMILES string of the molecule is COC(=O)C1CCCc2cc(CC3=CCCCC3)c(Cl)cc21. The van der Waals surface area contributed by atoms with Crippen LogP contribution in [0.2, 0.25) is 5.02 Å². The number of aryl methyl sites for hydroxylation is 1. The molecule has 3 heteroatoms. The molecule has 0 radical (unpaired) electrons. The first-order chi connectivity index (χ1) is 10.7. The Morgan fingerprint density at radius 1 is 1.27 bits per heavy atom. The molecule has 2 aliphatic rings. The molecule has 0 spiro atoms. The molecule has 1 unspecified atom stereocenters. The molecular formula is C19H23ClO2. The molecule has 0 aromatic heterocycles. The van der Waals surface area contributed by atoms with Crippen molar-refractivity contribution in [2.75, 3.05) is 7.11 Å². The van der Waals surface area contributed by atoms with Crippen LogP contribution < -0.4 is 0 Å². The van der Waals surface area contributed by atoms with Crippen molar-refractivity contribution in [2.45, 2.75) is 57.3 Å². The number of ether oxygens (including phenoxy) is 1. The highest BCUT2D eigenvalue weighted by Gasteiger charge is 2.28. The highest BCUT2D eigenvalue weighted by atomic mass is 35.5. The van der Waals surface area contributed by atoms with Gasteiger partial charge in [-0.1, -0.05) is 29.3 Å². The van der Waals surface area contributed by atoms with E-state index in [9.17, 15) is 4.79 Å². The number of methoxy groups -OCH3 is 1. The van der Waals surface area contributed by atoms with Gasteiger partial charge in [0.1, 0.15) is 0 Å². The quantitative estimate of drug-likeness (QED) is 0.580. The summed E-state index contributed by atoms with van der Waals surface area (Å²) in [5.41, 5.74) is 5.06. The molecule has 118 valence electrons. The Bertz CT molecular complexity index is 604. The van der Waals surface area contributed by atoms with E-state index in [4.69, 9.17) is 16.3 Å². The molecule has 2 aliphatic carbocycles. The number of allylic oxidation sites excluding steroid dienone is 2. The number of halogens is 1. The summed E-state index contributed by atoms with van der Waals surface area (Å²) in [5.74, 6) is -0.283. The Labute approximate surface area is 137 Å². The van der Waals surface area contributed by atoms with Crippen LogP contribution in [-0.2, 0) is 22.4 Å². The molecular weight excluding hydrogens is 296 g/mol. The van der Waals surface area contributed by atoms with Gasteiger partial charge in [-0.3, -0.25) is 4.79 Å². The molecule has 0 fully saturated rings. The van der Waals surface area contributed by atoms with E-state index in [0.29, 0.717) is 0 Å². The molecule has 3 rings (SSSR count). The van der Waals surface area contributed by atoms with Crippen LogP contribution in [-0.4, -0.2) is 13.1 Å². The van der Waals surface area contributed by atoms with Gasteiger partial charge in [0, 0.05) is 5.02 Å². The molecule has 0 N–H and O–H groups in total. The molecule has 0 saturated carbocycles. The Morgan fingerprint density at radius 2 is 2.14 bits per heavy atom. The third kappa shape index (κ3) is 3.22. The number of rotatable bonds is 3. The molecule has 22 heavy (non-hydrogen) atoms. The van der Waals surface area contributed by atoms with Gasteiger partial charge in [-0.05, 0) is 74.1 Å². The fourth-order valence-corrected chi connectivity index (χ4v) is 3.95. The Kier molecular flexibility index (Phi) is 4.87. The van der Waals surface area contributed by atoms with E-state index < -0.39 is 0 Å². The average molecular weight is 319 g/mol. The highest BCUT2D eigenvalue weighted by Crippen LogP contribution is 2.37. The highest BCUT2D eigenvalue weighted by molar-refractivity contribution is 6.31. The molecule has 2 nitrogen and oxygen atoms in total. The van der Waals surface area contributed by atoms with Crippen molar-refractivity contribution in [2.24, 2.45) is 0 Å². The normalized spacial score (nSPS) is 21.0. The molecule has 1 aromatic carbocycles. The Morgan fingerprint density at radius 3 is 2.86 bits per heavy atom. The minimum atomic E-state index is -0.144. The van der Waals surface area contributed by atoms with Crippen LogP contribution in [0.15, 0.2) is 23.8 Å². The summed E-state index contributed by atoms with van der Waals surface area (Å²) in [4.78, 5) is 12.0. The second-order valence-corrected chi connectivity index (χ2v) is 6.80. The van der Waals surface area contributed by atoms with Crippen LogP contribution in [0, 0.1) is 0 Å². The van der Waals surface area contributed by atoms with Crippen LogP contribution in [0.5, 0.6) is 0 Å². The molecule has 0 heterocycles. The van der Waals surface area contributed by atoms with Crippen molar-refractivity contribution in [1.82, 2.24) is 0 Å². The summed E-state index contributed by atoms with van der Waals surface area (Å²) in [6, 6.07) is 4.23. The number of esters is 1. The van der Waals surface area contributed by atoms with Gasteiger partial charge in [-0.25, -0.2) is 0 Å². The van der Waals surface area contributed by atoms with Crippen LogP contribution in [0.3, 0.4) is 0 Å². The minimum absolute atomic E-state index is 0.139. The van der Waals surface area contributed by atoms with E-state index in [-0.39, 0.29) is 11.9 Å². The lowest BCUT2D eigenvalue weighted by atomic mass is 9.81. The first kappa shape index (κ1) is 15.6. The molecule has 1 atom stereocenters. The lowest BCUT2D eigenvalue weighted by Crippen LogP contribution is -2.20. The predicted molar refractivity (Wildman–Crippen MR) is 89.4 cm³/mol. The smallest absolute Gasteiger partial charge is 0.313 e. The monoisotopic (exact) mass is 318 g/mol. The predicted octanol–water partition coefficient (Wildman–Crippen LogP) is 4.98. The number of carbonyl (C=O) groups excluding carboxylic acids is 1. The van der Waals surface area contributed by atoms with Gasteiger partial charge < -0.3 is 4.74 Å². The van der Waals surface area contributed by atoms with Crippen LogP contribution in [0.4, 0.5) is 0 Å². The zero-order valence-corrected chi connectivity index (χ0v) is 13.9. The summed E-state index contributed by atoms with van der Waals surface area (Å²) in [5, 5.41) is 0.793. The topological polar surface area (TPSA) is 26.3 Å². The fraction of sp³-hybridized carbons (Fsp3) is 0.526. The van der Waals surface area contributed by atoms with Gasteiger partial charge in [-0.2, -0.15) is 0 Å². The number of carbonyl (C=O) groups is 1. The largest absolute Gasteiger partial charge is 0.469 e. The van der Waals surface area contributed by atoms with E-state index in [1.165, 1.54) is 49.5 Å². The lowest BCUT2D eigenvalue weighted by molar-refractivity contribution is -0.142. The lowest BCUT2D eigenvalue weighted by Gasteiger charge is -2.25. The van der Waals surface area contributed by atoms with Crippen molar-refractivity contribution in [3.05, 3.63) is 45.5 Å². The van der Waals surface area contributed by atoms with Gasteiger partial charge in [-0.15, -0.1) is 0 Å². The molecule has 0 saturated heterocycles. The third-order valence-electron chi connectivity index (χ3n) is 4.91. The van der Waals surface area contributed by atoms with Gasteiger partial charge in [0.05, 0.1) is 13.0 Å². The molecule has 0 bridgehead atoms.